The minimum Gasteiger partial charge on any atom is -0.351 e. The highest BCUT2D eigenvalue weighted by Gasteiger charge is 2.18. The fourth-order valence-corrected chi connectivity index (χ4v) is 3.20. The van der Waals surface area contributed by atoms with Crippen molar-refractivity contribution < 1.29 is 13.2 Å². The molecule has 128 valence electrons. The smallest absolute Gasteiger partial charge is 0.251 e. The van der Waals surface area contributed by atoms with Crippen LogP contribution in [0.5, 0.6) is 0 Å². The first-order valence-corrected chi connectivity index (χ1v) is 9.12. The van der Waals surface area contributed by atoms with E-state index in [2.05, 4.69) is 5.32 Å². The molecule has 2 aromatic carbocycles. The lowest BCUT2D eigenvalue weighted by Gasteiger charge is -2.14. The Balaban J connectivity index is 2.08. The monoisotopic (exact) mass is 346 g/mol. The van der Waals surface area contributed by atoms with Crippen molar-refractivity contribution in [2.45, 2.75) is 17.7 Å². The number of carbonyl (C=O) groups is 1. The molecule has 6 heteroatoms. The van der Waals surface area contributed by atoms with E-state index in [1.165, 1.54) is 26.2 Å². The molecule has 0 heterocycles. The number of sulfonamides is 1. The van der Waals surface area contributed by atoms with Crippen molar-refractivity contribution in [1.82, 2.24) is 9.62 Å². The summed E-state index contributed by atoms with van der Waals surface area (Å²) in [5.74, 6) is -0.113. The third-order valence-corrected chi connectivity index (χ3v) is 5.62. The highest BCUT2D eigenvalue weighted by Crippen LogP contribution is 2.16. The number of nitrogens with zero attached hydrogens (tertiary/aromatic N) is 1. The van der Waals surface area contributed by atoms with Gasteiger partial charge in [0.25, 0.3) is 5.91 Å². The van der Waals surface area contributed by atoms with Gasteiger partial charge in [-0.3, -0.25) is 4.79 Å². The summed E-state index contributed by atoms with van der Waals surface area (Å²) in [6.45, 7) is 2.51. The fraction of sp³-hybridized carbons (Fsp3) is 0.278. The summed E-state index contributed by atoms with van der Waals surface area (Å²) in [6.07, 6.45) is 0. The van der Waals surface area contributed by atoms with Crippen molar-refractivity contribution in [2.24, 2.45) is 0 Å². The van der Waals surface area contributed by atoms with Crippen molar-refractivity contribution in [3.63, 3.8) is 0 Å². The Bertz CT molecular complexity index is 802. The number of benzene rings is 2. The van der Waals surface area contributed by atoms with Gasteiger partial charge >= 0.3 is 0 Å². The zero-order valence-electron chi connectivity index (χ0n) is 14.1. The number of nitrogens with one attached hydrogen (secondary N) is 1. The Hall–Kier alpha value is -2.18. The SMILES string of the molecule is C[C@H](CNC(=O)c1cccc(S(=O)(=O)N(C)C)c1)c1ccccc1. The van der Waals surface area contributed by atoms with Crippen LogP contribution in [0, 0.1) is 0 Å². The molecular formula is C18H22N2O3S. The molecule has 24 heavy (non-hydrogen) atoms. The van der Waals surface area contributed by atoms with Crippen LogP contribution in [-0.2, 0) is 10.0 Å². The van der Waals surface area contributed by atoms with E-state index < -0.39 is 10.0 Å². The molecule has 0 unspecified atom stereocenters. The van der Waals surface area contributed by atoms with E-state index in [0.717, 1.165) is 9.87 Å². The molecule has 1 amide bonds. The third-order valence-electron chi connectivity index (χ3n) is 3.81. The van der Waals surface area contributed by atoms with Crippen LogP contribution in [-0.4, -0.2) is 39.3 Å². The van der Waals surface area contributed by atoms with Crippen LogP contribution < -0.4 is 5.32 Å². The second-order valence-corrected chi connectivity index (χ2v) is 7.99. The normalized spacial score (nSPS) is 12.8. The molecule has 2 rings (SSSR count). The van der Waals surface area contributed by atoms with Crippen molar-refractivity contribution >= 4 is 15.9 Å². The summed E-state index contributed by atoms with van der Waals surface area (Å²) < 4.78 is 25.4. The van der Waals surface area contributed by atoms with E-state index >= 15 is 0 Å². The summed E-state index contributed by atoms with van der Waals surface area (Å²) in [7, 11) is -0.630. The highest BCUT2D eigenvalue weighted by atomic mass is 32.2. The molecule has 0 bridgehead atoms. The summed E-state index contributed by atoms with van der Waals surface area (Å²) in [6, 6.07) is 16.0. The van der Waals surface area contributed by atoms with Gasteiger partial charge in [-0.25, -0.2) is 12.7 Å². The number of amides is 1. The first-order valence-electron chi connectivity index (χ1n) is 7.68. The minimum atomic E-state index is -3.55. The maximum absolute atomic E-state index is 12.3. The molecule has 0 aromatic heterocycles. The van der Waals surface area contributed by atoms with E-state index in [4.69, 9.17) is 0 Å². The zero-order chi connectivity index (χ0) is 17.7. The lowest BCUT2D eigenvalue weighted by Crippen LogP contribution is -2.28. The van der Waals surface area contributed by atoms with Crippen LogP contribution in [0.3, 0.4) is 0 Å². The van der Waals surface area contributed by atoms with Gasteiger partial charge in [0.15, 0.2) is 0 Å². The zero-order valence-corrected chi connectivity index (χ0v) is 14.9. The second-order valence-electron chi connectivity index (χ2n) is 5.84. The average molecular weight is 346 g/mol. The quantitative estimate of drug-likeness (QED) is 0.874. The standard InChI is InChI=1S/C18H22N2O3S/c1-14(15-8-5-4-6-9-15)13-19-18(21)16-10-7-11-17(12-16)24(22,23)20(2)3/h4-12,14H,13H2,1-3H3,(H,19,21)/t14-/m1/s1. The van der Waals surface area contributed by atoms with Gasteiger partial charge < -0.3 is 5.32 Å². The molecule has 2 aromatic rings. The maximum atomic E-state index is 12.3. The minimum absolute atomic E-state index is 0.108. The Morgan fingerprint density at radius 1 is 1.08 bits per heavy atom. The molecule has 0 saturated carbocycles. The number of hydrogen-bond acceptors (Lipinski definition) is 3. The molecule has 0 aliphatic heterocycles. The molecule has 0 radical (unpaired) electrons. The van der Waals surface area contributed by atoms with Gasteiger partial charge in [0.1, 0.15) is 0 Å². The first kappa shape index (κ1) is 18.2. The molecular weight excluding hydrogens is 324 g/mol. The fourth-order valence-electron chi connectivity index (χ4n) is 2.26. The van der Waals surface area contributed by atoms with E-state index in [1.54, 1.807) is 12.1 Å². The van der Waals surface area contributed by atoms with Crippen LogP contribution in [0.25, 0.3) is 0 Å². The molecule has 0 aliphatic carbocycles. The molecule has 0 aliphatic rings. The number of carbonyl (C=O) groups excluding carboxylic acids is 1. The summed E-state index contributed by atoms with van der Waals surface area (Å²) in [4.78, 5) is 12.4. The molecule has 5 nitrogen and oxygen atoms in total. The van der Waals surface area contributed by atoms with Gasteiger partial charge in [0, 0.05) is 26.2 Å². The third kappa shape index (κ3) is 4.21. The van der Waals surface area contributed by atoms with Crippen LogP contribution in [0.1, 0.15) is 28.8 Å². The predicted octanol–water partition coefficient (Wildman–Crippen LogP) is 2.47. The summed E-state index contributed by atoms with van der Waals surface area (Å²) in [5.41, 5.74) is 1.47. The lowest BCUT2D eigenvalue weighted by atomic mass is 10.0. The van der Waals surface area contributed by atoms with E-state index in [1.807, 2.05) is 37.3 Å². The van der Waals surface area contributed by atoms with Crippen LogP contribution in [0.15, 0.2) is 59.5 Å². The van der Waals surface area contributed by atoms with Crippen LogP contribution in [0.2, 0.25) is 0 Å². The van der Waals surface area contributed by atoms with Crippen LogP contribution in [0.4, 0.5) is 0 Å². The van der Waals surface area contributed by atoms with Gasteiger partial charge in [-0.15, -0.1) is 0 Å². The Morgan fingerprint density at radius 3 is 2.38 bits per heavy atom. The van der Waals surface area contributed by atoms with Crippen molar-refractivity contribution in [1.29, 1.82) is 0 Å². The molecule has 0 saturated heterocycles. The molecule has 0 fully saturated rings. The van der Waals surface area contributed by atoms with Crippen molar-refractivity contribution in [2.75, 3.05) is 20.6 Å². The molecule has 1 atom stereocenters. The van der Waals surface area contributed by atoms with E-state index in [9.17, 15) is 13.2 Å². The number of hydrogen-bond donors (Lipinski definition) is 1. The van der Waals surface area contributed by atoms with E-state index in [-0.39, 0.29) is 16.7 Å². The Labute approximate surface area is 143 Å². The average Bonchev–Trinajstić information content (AvgIpc) is 2.60. The maximum Gasteiger partial charge on any atom is 0.251 e. The van der Waals surface area contributed by atoms with Crippen molar-refractivity contribution in [3.05, 3.63) is 65.7 Å². The lowest BCUT2D eigenvalue weighted by molar-refractivity contribution is 0.0951. The van der Waals surface area contributed by atoms with Crippen LogP contribution >= 0.6 is 0 Å². The molecule has 0 spiro atoms. The van der Waals surface area contributed by atoms with Gasteiger partial charge in [-0.05, 0) is 29.7 Å². The highest BCUT2D eigenvalue weighted by molar-refractivity contribution is 7.89. The second kappa shape index (κ2) is 7.59. The van der Waals surface area contributed by atoms with E-state index in [0.29, 0.717) is 12.1 Å². The van der Waals surface area contributed by atoms with Gasteiger partial charge in [0.2, 0.25) is 10.0 Å². The van der Waals surface area contributed by atoms with Crippen molar-refractivity contribution in [3.8, 4) is 0 Å². The van der Waals surface area contributed by atoms with Gasteiger partial charge in [-0.2, -0.15) is 0 Å². The number of rotatable bonds is 6. The predicted molar refractivity (Wildman–Crippen MR) is 94.5 cm³/mol. The first-order chi connectivity index (χ1) is 11.3. The Kier molecular flexibility index (Phi) is 5.75. The van der Waals surface area contributed by atoms with Gasteiger partial charge in [0.05, 0.1) is 4.90 Å². The van der Waals surface area contributed by atoms with Gasteiger partial charge in [-0.1, -0.05) is 43.3 Å². The molecule has 1 N–H and O–H groups in total. The summed E-state index contributed by atoms with van der Waals surface area (Å²) in [5, 5.41) is 2.86. The Morgan fingerprint density at radius 2 is 1.75 bits per heavy atom. The summed E-state index contributed by atoms with van der Waals surface area (Å²) >= 11 is 0. The largest absolute Gasteiger partial charge is 0.351 e. The topological polar surface area (TPSA) is 66.5 Å².